The molecule has 0 N–H and O–H groups in total. The summed E-state index contributed by atoms with van der Waals surface area (Å²) in [6.07, 6.45) is 4.72. The number of nitrogens with zero attached hydrogens (tertiary/aromatic N) is 3. The molecule has 3 aliphatic rings. The molecule has 6 heteroatoms. The summed E-state index contributed by atoms with van der Waals surface area (Å²) in [5.41, 5.74) is 2.01. The van der Waals surface area contributed by atoms with Crippen LogP contribution in [0.3, 0.4) is 0 Å². The standard InChI is InChI=1S/C23H27N3O3/c1-29-21-10-5-17(6-11-21)7-12-22(27)25-14-18-8-9-20(16-25)26(23(18)28)15-19-4-2-3-13-24-19/h2-6,10-11,13,18,20H,7-9,12,14-16H2,1H3/t18-,20+/m1/s1. The maximum absolute atomic E-state index is 13.0. The van der Waals surface area contributed by atoms with Crippen molar-refractivity contribution < 1.29 is 14.3 Å². The van der Waals surface area contributed by atoms with E-state index in [1.165, 1.54) is 0 Å². The van der Waals surface area contributed by atoms with Gasteiger partial charge in [-0.2, -0.15) is 0 Å². The number of methoxy groups -OCH3 is 1. The van der Waals surface area contributed by atoms with Gasteiger partial charge in [0.1, 0.15) is 5.75 Å². The first-order valence-corrected chi connectivity index (χ1v) is 10.2. The highest BCUT2D eigenvalue weighted by Crippen LogP contribution is 2.30. The predicted molar refractivity (Wildman–Crippen MR) is 109 cm³/mol. The van der Waals surface area contributed by atoms with Crippen LogP contribution in [0.5, 0.6) is 5.75 Å². The highest BCUT2D eigenvalue weighted by atomic mass is 16.5. The third kappa shape index (κ3) is 4.42. The van der Waals surface area contributed by atoms with Gasteiger partial charge in [-0.15, -0.1) is 0 Å². The van der Waals surface area contributed by atoms with Crippen molar-refractivity contribution in [2.75, 3.05) is 20.2 Å². The molecule has 2 amide bonds. The number of aromatic nitrogens is 1. The number of benzene rings is 1. The third-order valence-electron chi connectivity index (χ3n) is 5.99. The molecule has 0 saturated carbocycles. The smallest absolute Gasteiger partial charge is 0.228 e. The number of amides is 2. The zero-order chi connectivity index (χ0) is 20.2. The largest absolute Gasteiger partial charge is 0.497 e. The molecule has 0 radical (unpaired) electrons. The minimum absolute atomic E-state index is 0.0770. The summed E-state index contributed by atoms with van der Waals surface area (Å²) < 4.78 is 5.18. The molecule has 2 aromatic rings. The van der Waals surface area contributed by atoms with Crippen molar-refractivity contribution in [1.29, 1.82) is 0 Å². The minimum Gasteiger partial charge on any atom is -0.497 e. The van der Waals surface area contributed by atoms with E-state index in [1.54, 1.807) is 13.3 Å². The van der Waals surface area contributed by atoms with Crippen molar-refractivity contribution >= 4 is 11.8 Å². The number of ether oxygens (including phenoxy) is 1. The lowest BCUT2D eigenvalue weighted by atomic mass is 9.94. The first-order valence-electron chi connectivity index (χ1n) is 10.2. The maximum Gasteiger partial charge on any atom is 0.228 e. The summed E-state index contributed by atoms with van der Waals surface area (Å²) in [4.78, 5) is 34.1. The Morgan fingerprint density at radius 3 is 2.69 bits per heavy atom. The Morgan fingerprint density at radius 1 is 1.14 bits per heavy atom. The van der Waals surface area contributed by atoms with Crippen molar-refractivity contribution in [2.45, 2.75) is 38.3 Å². The molecule has 3 fully saturated rings. The Balaban J connectivity index is 1.39. The van der Waals surface area contributed by atoms with Gasteiger partial charge >= 0.3 is 0 Å². The molecule has 3 saturated heterocycles. The molecule has 1 aromatic carbocycles. The highest BCUT2D eigenvalue weighted by molar-refractivity contribution is 5.83. The lowest BCUT2D eigenvalue weighted by Crippen LogP contribution is -2.47. The third-order valence-corrected chi connectivity index (χ3v) is 5.99. The molecule has 6 nitrogen and oxygen atoms in total. The molecular formula is C23H27N3O3. The van der Waals surface area contributed by atoms with E-state index >= 15 is 0 Å². The van der Waals surface area contributed by atoms with Crippen molar-refractivity contribution in [2.24, 2.45) is 5.92 Å². The Bertz CT molecular complexity index is 853. The van der Waals surface area contributed by atoms with Crippen LogP contribution in [0.25, 0.3) is 0 Å². The highest BCUT2D eigenvalue weighted by Gasteiger charge is 2.41. The van der Waals surface area contributed by atoms with Gasteiger partial charge in [-0.25, -0.2) is 0 Å². The second kappa shape index (κ2) is 8.64. The van der Waals surface area contributed by atoms with Gasteiger partial charge in [-0.3, -0.25) is 14.6 Å². The summed E-state index contributed by atoms with van der Waals surface area (Å²) in [6.45, 7) is 1.68. The molecule has 5 rings (SSSR count). The van der Waals surface area contributed by atoms with E-state index < -0.39 is 0 Å². The predicted octanol–water partition coefficient (Wildman–Crippen LogP) is 2.67. The molecular weight excluding hydrogens is 366 g/mol. The molecule has 0 spiro atoms. The number of rotatable bonds is 6. The molecule has 3 aliphatic heterocycles. The molecule has 0 unspecified atom stereocenters. The summed E-state index contributed by atoms with van der Waals surface area (Å²) in [5.74, 6) is 1.01. The van der Waals surface area contributed by atoms with Crippen molar-refractivity contribution in [3.8, 4) is 5.75 Å². The number of carbonyl (C=O) groups is 2. The quantitative estimate of drug-likeness (QED) is 0.757. The summed E-state index contributed by atoms with van der Waals surface area (Å²) in [5, 5.41) is 0. The van der Waals surface area contributed by atoms with Crippen LogP contribution in [0, 0.1) is 5.92 Å². The average Bonchev–Trinajstić information content (AvgIpc) is 3.05. The Hall–Kier alpha value is -2.89. The monoisotopic (exact) mass is 393 g/mol. The van der Waals surface area contributed by atoms with Gasteiger partial charge in [0.25, 0.3) is 0 Å². The number of piperidine rings is 1. The van der Waals surface area contributed by atoms with E-state index in [2.05, 4.69) is 4.98 Å². The van der Waals surface area contributed by atoms with Crippen LogP contribution < -0.4 is 4.74 Å². The first-order chi connectivity index (χ1) is 14.1. The van der Waals surface area contributed by atoms with Crippen LogP contribution in [-0.2, 0) is 22.6 Å². The van der Waals surface area contributed by atoms with E-state index in [4.69, 9.17) is 4.74 Å². The number of pyridine rings is 1. The topological polar surface area (TPSA) is 62.7 Å². The van der Waals surface area contributed by atoms with E-state index in [-0.39, 0.29) is 23.8 Å². The number of fused-ring (bicyclic) bond motifs is 4. The number of aryl methyl sites for hydroxylation is 1. The molecule has 29 heavy (non-hydrogen) atoms. The molecule has 4 heterocycles. The van der Waals surface area contributed by atoms with Gasteiger partial charge in [-0.05, 0) is 49.1 Å². The van der Waals surface area contributed by atoms with Crippen LogP contribution in [0.2, 0.25) is 0 Å². The van der Waals surface area contributed by atoms with Crippen LogP contribution in [-0.4, -0.2) is 52.8 Å². The van der Waals surface area contributed by atoms with E-state index in [0.717, 1.165) is 29.8 Å². The molecule has 2 atom stereocenters. The Morgan fingerprint density at radius 2 is 1.97 bits per heavy atom. The van der Waals surface area contributed by atoms with E-state index in [9.17, 15) is 9.59 Å². The van der Waals surface area contributed by atoms with Crippen LogP contribution >= 0.6 is 0 Å². The number of hydrogen-bond acceptors (Lipinski definition) is 4. The van der Waals surface area contributed by atoms with Crippen LogP contribution in [0.4, 0.5) is 0 Å². The SMILES string of the molecule is COc1ccc(CCC(=O)N2C[C@H]3CC[C@@H](C2)N(Cc2ccccn2)C3=O)cc1. The van der Waals surface area contributed by atoms with Gasteiger partial charge in [0.05, 0.1) is 25.3 Å². The second-order valence-corrected chi connectivity index (χ2v) is 7.86. The van der Waals surface area contributed by atoms with Crippen LogP contribution in [0.1, 0.15) is 30.5 Å². The lowest BCUT2D eigenvalue weighted by molar-refractivity contribution is -0.140. The molecule has 0 aliphatic carbocycles. The fraction of sp³-hybridized carbons (Fsp3) is 0.435. The summed E-state index contributed by atoms with van der Waals surface area (Å²) in [7, 11) is 1.64. The summed E-state index contributed by atoms with van der Waals surface area (Å²) in [6, 6.07) is 13.7. The van der Waals surface area contributed by atoms with Crippen molar-refractivity contribution in [3.63, 3.8) is 0 Å². The normalized spacial score (nSPS) is 21.2. The first kappa shape index (κ1) is 19.4. The zero-order valence-electron chi connectivity index (χ0n) is 16.8. The van der Waals surface area contributed by atoms with Crippen LogP contribution in [0.15, 0.2) is 48.7 Å². The van der Waals surface area contributed by atoms with Gasteiger partial charge in [0, 0.05) is 31.7 Å². The molecule has 152 valence electrons. The number of carbonyl (C=O) groups excluding carboxylic acids is 2. The second-order valence-electron chi connectivity index (χ2n) is 7.86. The van der Waals surface area contributed by atoms with Gasteiger partial charge in [-0.1, -0.05) is 18.2 Å². The fourth-order valence-electron chi connectivity index (χ4n) is 4.32. The van der Waals surface area contributed by atoms with E-state index in [1.807, 2.05) is 52.3 Å². The Labute approximate surface area is 171 Å². The van der Waals surface area contributed by atoms with Gasteiger partial charge < -0.3 is 14.5 Å². The Kier molecular flexibility index (Phi) is 5.79. The van der Waals surface area contributed by atoms with Crippen molar-refractivity contribution in [1.82, 2.24) is 14.8 Å². The lowest BCUT2D eigenvalue weighted by Gasteiger charge is -2.35. The molecule has 2 bridgehead atoms. The fourth-order valence-corrected chi connectivity index (χ4v) is 4.32. The summed E-state index contributed by atoms with van der Waals surface area (Å²) >= 11 is 0. The molecule has 1 aromatic heterocycles. The van der Waals surface area contributed by atoms with Gasteiger partial charge in [0.15, 0.2) is 0 Å². The maximum atomic E-state index is 13.0. The van der Waals surface area contributed by atoms with Crippen molar-refractivity contribution in [3.05, 3.63) is 59.9 Å². The van der Waals surface area contributed by atoms with E-state index in [0.29, 0.717) is 32.5 Å². The van der Waals surface area contributed by atoms with Gasteiger partial charge in [0.2, 0.25) is 11.8 Å². The average molecular weight is 393 g/mol. The minimum atomic E-state index is -0.0950. The number of hydrogen-bond donors (Lipinski definition) is 0. The zero-order valence-corrected chi connectivity index (χ0v) is 16.8.